The number of rotatable bonds is 0. The normalized spacial score (nSPS) is 7.38. The Balaban J connectivity index is -0.0000000267. The van der Waals surface area contributed by atoms with Crippen molar-refractivity contribution in [1.29, 1.82) is 0 Å². The average molecular weight is 175 g/mol. The Bertz CT molecular complexity index is 58.6. The summed E-state index contributed by atoms with van der Waals surface area (Å²) >= 11 is 0. The zero-order valence-electron chi connectivity index (χ0n) is 3.90. The second kappa shape index (κ2) is 9.10. The Morgan fingerprint density at radius 2 is 1.12 bits per heavy atom. The molecule has 0 aliphatic heterocycles. The van der Waals surface area contributed by atoms with Gasteiger partial charge in [-0.05, 0) is 0 Å². The van der Waals surface area contributed by atoms with E-state index in [0.29, 0.717) is 0 Å². The van der Waals surface area contributed by atoms with Crippen molar-refractivity contribution >= 4 is 68.6 Å². The van der Waals surface area contributed by atoms with Crippen molar-refractivity contribution in [2.45, 2.75) is 0 Å². The molecule has 0 aliphatic carbocycles. The second-order valence-corrected chi connectivity index (χ2v) is 1.34. The van der Waals surface area contributed by atoms with Gasteiger partial charge in [0.2, 0.25) is 0 Å². The van der Waals surface area contributed by atoms with E-state index in [-0.39, 0.29) is 66.3 Å². The predicted octanol–water partition coefficient (Wildman–Crippen LogP) is -3.70. The summed E-state index contributed by atoms with van der Waals surface area (Å²) in [5.74, 6) is 0. The van der Waals surface area contributed by atoms with Gasteiger partial charge in [0.25, 0.3) is 0 Å². The van der Waals surface area contributed by atoms with Crippen LogP contribution >= 0.6 is 7.82 Å². The van der Waals surface area contributed by atoms with Gasteiger partial charge in [0.1, 0.15) is 0 Å². The van der Waals surface area contributed by atoms with Crippen LogP contribution in [0.15, 0.2) is 0 Å². The molecule has 8 heavy (non-hydrogen) atoms. The van der Waals surface area contributed by atoms with Gasteiger partial charge in [-0.2, -0.15) is 7.82 Å². The van der Waals surface area contributed by atoms with Gasteiger partial charge in [-0.1, -0.05) is 0 Å². The maximum absolute atomic E-state index is 8.55. The van der Waals surface area contributed by atoms with E-state index in [1.807, 2.05) is 0 Å². The summed E-state index contributed by atoms with van der Waals surface area (Å²) in [7, 11) is -5.39. The molecule has 0 rings (SSSR count). The van der Waals surface area contributed by atoms with Crippen molar-refractivity contribution in [3.8, 4) is 0 Å². The van der Waals surface area contributed by atoms with Crippen LogP contribution in [0.3, 0.4) is 0 Å². The molecular formula is CaMgO5P-. The summed E-state index contributed by atoms with van der Waals surface area (Å²) in [6.07, 6.45) is 0. The zero-order chi connectivity index (χ0) is 4.50. The van der Waals surface area contributed by atoms with Gasteiger partial charge >= 0.3 is 60.8 Å². The largest absolute Gasteiger partial charge is 2.00 e. The molecule has 0 amide bonds. The van der Waals surface area contributed by atoms with Crippen LogP contribution in [-0.2, 0) is 10.0 Å². The number of hydrogen-bond donors (Lipinski definition) is 0. The first-order chi connectivity index (χ1) is 2.00. The van der Waals surface area contributed by atoms with Crippen LogP contribution in [0.5, 0.6) is 0 Å². The van der Waals surface area contributed by atoms with Gasteiger partial charge in [0, 0.05) is 0 Å². The Morgan fingerprint density at radius 1 is 1.12 bits per heavy atom. The molecule has 40 valence electrons. The molecule has 0 saturated carbocycles. The summed E-state index contributed by atoms with van der Waals surface area (Å²) in [5, 5.41) is 0. The molecule has 8 heteroatoms. The summed E-state index contributed by atoms with van der Waals surface area (Å²) in [6.45, 7) is 0. The van der Waals surface area contributed by atoms with Crippen LogP contribution in [0, 0.1) is 0 Å². The molecule has 0 aromatic carbocycles. The molecule has 0 aromatic rings. The van der Waals surface area contributed by atoms with Crippen molar-refractivity contribution in [2.24, 2.45) is 0 Å². The second-order valence-electron chi connectivity index (χ2n) is 0.447. The van der Waals surface area contributed by atoms with Crippen LogP contribution in [-0.4, -0.2) is 60.8 Å². The van der Waals surface area contributed by atoms with Gasteiger partial charge in [-0.15, -0.1) is 0 Å². The van der Waals surface area contributed by atoms with Gasteiger partial charge in [-0.25, -0.2) is 0 Å². The van der Waals surface area contributed by atoms with E-state index in [1.165, 1.54) is 0 Å². The Morgan fingerprint density at radius 3 is 1.12 bits per heavy atom. The van der Waals surface area contributed by atoms with Crippen molar-refractivity contribution in [3.05, 3.63) is 0 Å². The minimum absolute atomic E-state index is 0. The summed E-state index contributed by atoms with van der Waals surface area (Å²) < 4.78 is 8.55. The fraction of sp³-hybridized carbons (Fsp3) is 0. The van der Waals surface area contributed by atoms with Crippen LogP contribution in [0.4, 0.5) is 0 Å². The van der Waals surface area contributed by atoms with E-state index in [9.17, 15) is 0 Å². The predicted molar refractivity (Wildman–Crippen MR) is 19.8 cm³/mol. The summed E-state index contributed by atoms with van der Waals surface area (Å²) in [4.78, 5) is 25.6. The van der Waals surface area contributed by atoms with Crippen molar-refractivity contribution < 1.29 is 24.7 Å². The van der Waals surface area contributed by atoms with E-state index < -0.39 is 7.82 Å². The van der Waals surface area contributed by atoms with Crippen LogP contribution < -0.4 is 14.7 Å². The van der Waals surface area contributed by atoms with Gasteiger partial charge in [0.05, 0.1) is 0 Å². The Kier molecular flexibility index (Phi) is 25.6. The van der Waals surface area contributed by atoms with Crippen molar-refractivity contribution in [1.82, 2.24) is 0 Å². The number of hydrogen-bond acceptors (Lipinski definition) is 4. The van der Waals surface area contributed by atoms with Crippen LogP contribution in [0.1, 0.15) is 0 Å². The monoisotopic (exact) mass is 175 g/mol. The molecule has 0 spiro atoms. The minimum Gasteiger partial charge on any atom is -2.00 e. The smallest absolute Gasteiger partial charge is 2.00 e. The van der Waals surface area contributed by atoms with Gasteiger partial charge < -0.3 is 24.7 Å². The molecule has 0 aromatic heterocycles. The molecule has 0 fully saturated rings. The third kappa shape index (κ3) is 92.8. The third-order valence-electron chi connectivity index (χ3n) is 0. The molecule has 0 aliphatic rings. The molecule has 0 radical (unpaired) electrons. The molecule has 0 atom stereocenters. The quantitative estimate of drug-likeness (QED) is 0.278. The average Bonchev–Trinajstić information content (AvgIpc) is 0.722. The summed E-state index contributed by atoms with van der Waals surface area (Å²) in [6, 6.07) is 0. The maximum atomic E-state index is 8.55. The fourth-order valence-corrected chi connectivity index (χ4v) is 0. The van der Waals surface area contributed by atoms with E-state index in [2.05, 4.69) is 0 Å². The van der Waals surface area contributed by atoms with Crippen molar-refractivity contribution in [3.63, 3.8) is 0 Å². The fourth-order valence-electron chi connectivity index (χ4n) is 0. The van der Waals surface area contributed by atoms with Crippen molar-refractivity contribution in [2.75, 3.05) is 0 Å². The molecule has 0 heterocycles. The first-order valence-corrected chi connectivity index (χ1v) is 2.19. The molecule has 0 N–H and O–H groups in total. The molecule has 0 bridgehead atoms. The Labute approximate surface area is 92.2 Å². The summed E-state index contributed by atoms with van der Waals surface area (Å²) in [5.41, 5.74) is 0. The maximum Gasteiger partial charge on any atom is 2.00 e. The molecular weight excluding hydrogens is 175 g/mol. The zero-order valence-corrected chi connectivity index (χ0v) is 8.42. The SMILES string of the molecule is O=P([O-])([O-])[O-].[Ca+2].[Mg+2].[O-2]. The first kappa shape index (κ1) is 22.5. The minimum atomic E-state index is -5.39. The van der Waals surface area contributed by atoms with E-state index in [0.717, 1.165) is 0 Å². The van der Waals surface area contributed by atoms with Crippen LogP contribution in [0.2, 0.25) is 0 Å². The van der Waals surface area contributed by atoms with Crippen LogP contribution in [0.25, 0.3) is 0 Å². The van der Waals surface area contributed by atoms with E-state index in [4.69, 9.17) is 19.2 Å². The van der Waals surface area contributed by atoms with E-state index >= 15 is 0 Å². The first-order valence-electron chi connectivity index (χ1n) is 0.730. The Hall–Kier alpha value is 2.10. The molecule has 0 saturated heterocycles. The third-order valence-corrected chi connectivity index (χ3v) is 0. The standard InChI is InChI=1S/Ca.Mg.H3O4P.O/c;;1-5(2,3)4;/h;;(H3,1,2,3,4);/q2*+2;;-2/p-3. The topological polar surface area (TPSA) is 115 Å². The molecule has 0 unspecified atom stereocenters. The van der Waals surface area contributed by atoms with Gasteiger partial charge in [0.15, 0.2) is 0 Å². The van der Waals surface area contributed by atoms with E-state index in [1.54, 1.807) is 0 Å². The van der Waals surface area contributed by atoms with Gasteiger partial charge in [-0.3, -0.25) is 0 Å². The number of phosphoric acid groups is 1. The molecule has 5 nitrogen and oxygen atoms in total.